The molecule has 1 atom stereocenters. The monoisotopic (exact) mass is 205 g/mol. The van der Waals surface area contributed by atoms with Gasteiger partial charge in [0.15, 0.2) is 0 Å². The molecular formula is C10H11N3O2. The van der Waals surface area contributed by atoms with E-state index in [1.54, 1.807) is 0 Å². The Labute approximate surface area is 87.6 Å². The number of hydrogen-bond acceptors (Lipinski definition) is 4. The third-order valence-electron chi connectivity index (χ3n) is 1.85. The van der Waals surface area contributed by atoms with E-state index in [1.165, 1.54) is 12.5 Å². The van der Waals surface area contributed by atoms with Gasteiger partial charge in [-0.05, 0) is 6.92 Å². The highest BCUT2D eigenvalue weighted by atomic mass is 16.4. The highest BCUT2D eigenvalue weighted by Gasteiger charge is 2.11. The molecule has 1 heterocycles. The van der Waals surface area contributed by atoms with Crippen LogP contribution in [0.15, 0.2) is 12.5 Å². The summed E-state index contributed by atoms with van der Waals surface area (Å²) >= 11 is 0. The Bertz CT molecular complexity index is 398. The summed E-state index contributed by atoms with van der Waals surface area (Å²) in [6.45, 7) is 2.12. The molecule has 0 radical (unpaired) electrons. The zero-order chi connectivity index (χ0) is 11.3. The van der Waals surface area contributed by atoms with Crippen molar-refractivity contribution in [3.63, 3.8) is 0 Å². The van der Waals surface area contributed by atoms with Gasteiger partial charge in [0.1, 0.15) is 11.9 Å². The summed E-state index contributed by atoms with van der Waals surface area (Å²) in [5.74, 6) is 1.44. The fourth-order valence-electron chi connectivity index (χ4n) is 0.983. The largest absolute Gasteiger partial charge is 0.478 e. The van der Waals surface area contributed by atoms with Crippen molar-refractivity contribution >= 4 is 5.97 Å². The quantitative estimate of drug-likeness (QED) is 0.691. The topological polar surface area (TPSA) is 75.1 Å². The van der Waals surface area contributed by atoms with Crippen LogP contribution in [0, 0.1) is 12.3 Å². The van der Waals surface area contributed by atoms with E-state index in [-0.39, 0.29) is 11.6 Å². The normalized spacial score (nSPS) is 11.7. The van der Waals surface area contributed by atoms with Crippen molar-refractivity contribution in [2.45, 2.75) is 19.5 Å². The van der Waals surface area contributed by atoms with Gasteiger partial charge in [-0.2, -0.15) is 0 Å². The number of aromatic nitrogens is 2. The van der Waals surface area contributed by atoms with Gasteiger partial charge in [0.05, 0.1) is 11.7 Å². The molecule has 1 aromatic rings. The lowest BCUT2D eigenvalue weighted by Gasteiger charge is -2.08. The molecule has 0 aliphatic heterocycles. The molecule has 2 N–H and O–H groups in total. The number of nitrogens with zero attached hydrogens (tertiary/aromatic N) is 2. The van der Waals surface area contributed by atoms with Gasteiger partial charge in [-0.1, -0.05) is 5.92 Å². The van der Waals surface area contributed by atoms with Gasteiger partial charge in [0.2, 0.25) is 0 Å². The molecule has 0 aromatic carbocycles. The smallest absolute Gasteiger partial charge is 0.339 e. The van der Waals surface area contributed by atoms with E-state index >= 15 is 0 Å². The molecule has 0 aliphatic rings. The molecule has 0 amide bonds. The van der Waals surface area contributed by atoms with E-state index in [9.17, 15) is 4.79 Å². The zero-order valence-corrected chi connectivity index (χ0v) is 8.27. The van der Waals surface area contributed by atoms with Crippen molar-refractivity contribution in [3.05, 3.63) is 23.8 Å². The van der Waals surface area contributed by atoms with Crippen LogP contribution in [0.2, 0.25) is 0 Å². The maximum absolute atomic E-state index is 10.8. The first-order chi connectivity index (χ1) is 7.15. The molecule has 1 rings (SSSR count). The molecule has 0 spiro atoms. The van der Waals surface area contributed by atoms with Crippen LogP contribution >= 0.6 is 0 Å². The lowest BCUT2D eigenvalue weighted by Crippen LogP contribution is -2.25. The standard InChI is InChI=1S/C10H11N3O2/c1-3-7(2)12-5-9-8(10(14)15)4-11-6-13-9/h1,4,6-7,12H,5H2,2H3,(H,14,15). The van der Waals surface area contributed by atoms with Gasteiger partial charge >= 0.3 is 5.97 Å². The molecule has 0 saturated carbocycles. The number of carbonyl (C=O) groups is 1. The number of rotatable bonds is 4. The third-order valence-corrected chi connectivity index (χ3v) is 1.85. The SMILES string of the molecule is C#CC(C)NCc1ncncc1C(=O)O. The fraction of sp³-hybridized carbons (Fsp3) is 0.300. The minimum Gasteiger partial charge on any atom is -0.478 e. The van der Waals surface area contributed by atoms with Crippen LogP contribution < -0.4 is 5.32 Å². The summed E-state index contributed by atoms with van der Waals surface area (Å²) in [5.41, 5.74) is 0.522. The second-order valence-electron chi connectivity index (χ2n) is 2.96. The summed E-state index contributed by atoms with van der Waals surface area (Å²) in [7, 11) is 0. The van der Waals surface area contributed by atoms with Crippen LogP contribution in [0.3, 0.4) is 0 Å². The summed E-state index contributed by atoms with van der Waals surface area (Å²) in [6, 6.07) is -0.124. The van der Waals surface area contributed by atoms with E-state index in [0.717, 1.165) is 0 Å². The molecule has 15 heavy (non-hydrogen) atoms. The van der Waals surface area contributed by atoms with E-state index in [1.807, 2.05) is 6.92 Å². The lowest BCUT2D eigenvalue weighted by molar-refractivity contribution is 0.0694. The second kappa shape index (κ2) is 5.08. The molecule has 5 heteroatoms. The summed E-state index contributed by atoms with van der Waals surface area (Å²) in [6.07, 6.45) is 7.75. The van der Waals surface area contributed by atoms with Gasteiger partial charge in [-0.3, -0.25) is 5.32 Å². The molecule has 0 fully saturated rings. The molecule has 0 bridgehead atoms. The van der Waals surface area contributed by atoms with Gasteiger partial charge in [0.25, 0.3) is 0 Å². The van der Waals surface area contributed by atoms with E-state index in [4.69, 9.17) is 11.5 Å². The average Bonchev–Trinajstić information content (AvgIpc) is 2.26. The Morgan fingerprint density at radius 1 is 1.80 bits per heavy atom. The van der Waals surface area contributed by atoms with Crippen LogP contribution in [0.5, 0.6) is 0 Å². The molecule has 5 nitrogen and oxygen atoms in total. The van der Waals surface area contributed by atoms with Crippen molar-refractivity contribution in [3.8, 4) is 12.3 Å². The Hall–Kier alpha value is -1.93. The summed E-state index contributed by atoms with van der Waals surface area (Å²) in [5, 5.41) is 11.8. The van der Waals surface area contributed by atoms with Crippen LogP contribution in [0.25, 0.3) is 0 Å². The molecule has 0 aliphatic carbocycles. The first-order valence-electron chi connectivity index (χ1n) is 4.37. The van der Waals surface area contributed by atoms with Gasteiger partial charge in [0, 0.05) is 12.7 Å². The average molecular weight is 205 g/mol. The number of aromatic carboxylic acids is 1. The zero-order valence-electron chi connectivity index (χ0n) is 8.27. The first-order valence-corrected chi connectivity index (χ1v) is 4.37. The van der Waals surface area contributed by atoms with Crippen LogP contribution in [-0.2, 0) is 6.54 Å². The van der Waals surface area contributed by atoms with Gasteiger partial charge in [-0.15, -0.1) is 6.42 Å². The third kappa shape index (κ3) is 3.04. The highest BCUT2D eigenvalue weighted by Crippen LogP contribution is 2.03. The van der Waals surface area contributed by atoms with Crippen LogP contribution in [-0.4, -0.2) is 27.1 Å². The van der Waals surface area contributed by atoms with Crippen molar-refractivity contribution in [1.29, 1.82) is 0 Å². The van der Waals surface area contributed by atoms with E-state index in [2.05, 4.69) is 21.2 Å². The highest BCUT2D eigenvalue weighted by molar-refractivity contribution is 5.88. The Morgan fingerprint density at radius 2 is 2.53 bits per heavy atom. The lowest BCUT2D eigenvalue weighted by atomic mass is 10.2. The van der Waals surface area contributed by atoms with E-state index < -0.39 is 5.97 Å². The Morgan fingerprint density at radius 3 is 3.13 bits per heavy atom. The predicted molar refractivity (Wildman–Crippen MR) is 54.1 cm³/mol. The molecular weight excluding hydrogens is 194 g/mol. The number of carboxylic acids is 1. The molecule has 1 aromatic heterocycles. The molecule has 0 saturated heterocycles. The minimum absolute atomic E-state index is 0.0919. The maximum atomic E-state index is 10.8. The molecule has 1 unspecified atom stereocenters. The molecule has 78 valence electrons. The van der Waals surface area contributed by atoms with Gasteiger partial charge in [-0.25, -0.2) is 14.8 Å². The number of nitrogens with one attached hydrogen (secondary N) is 1. The maximum Gasteiger partial charge on any atom is 0.339 e. The van der Waals surface area contributed by atoms with Crippen LogP contribution in [0.1, 0.15) is 23.0 Å². The van der Waals surface area contributed by atoms with E-state index in [0.29, 0.717) is 12.2 Å². The summed E-state index contributed by atoms with van der Waals surface area (Å²) in [4.78, 5) is 18.3. The summed E-state index contributed by atoms with van der Waals surface area (Å²) < 4.78 is 0. The predicted octanol–water partition coefficient (Wildman–Crippen LogP) is 0.286. The first kappa shape index (κ1) is 11.1. The number of hydrogen-bond donors (Lipinski definition) is 2. The van der Waals surface area contributed by atoms with Crippen molar-refractivity contribution in [2.24, 2.45) is 0 Å². The second-order valence-corrected chi connectivity index (χ2v) is 2.96. The van der Waals surface area contributed by atoms with Crippen molar-refractivity contribution < 1.29 is 9.90 Å². The van der Waals surface area contributed by atoms with Gasteiger partial charge < -0.3 is 5.11 Å². The Kier molecular flexibility index (Phi) is 3.77. The van der Waals surface area contributed by atoms with Crippen LogP contribution in [0.4, 0.5) is 0 Å². The van der Waals surface area contributed by atoms with Crippen molar-refractivity contribution in [2.75, 3.05) is 0 Å². The Balaban J connectivity index is 2.77. The van der Waals surface area contributed by atoms with Crippen molar-refractivity contribution in [1.82, 2.24) is 15.3 Å². The fourth-order valence-corrected chi connectivity index (χ4v) is 0.983. The number of carboxylic acid groups (broad SMARTS) is 1. The number of terminal acetylenes is 1. The minimum atomic E-state index is -1.04.